The Hall–Kier alpha value is -1.43. The predicted molar refractivity (Wildman–Crippen MR) is 106 cm³/mol. The maximum absolute atomic E-state index is 11.9. The van der Waals surface area contributed by atoms with Crippen LogP contribution in [0, 0.1) is 19.8 Å². The van der Waals surface area contributed by atoms with Crippen molar-refractivity contribution in [3.63, 3.8) is 0 Å². The maximum Gasteiger partial charge on any atom is 0.224 e. The number of likely N-dealkylation sites (tertiary alicyclic amines) is 1. The number of piperazine rings is 1. The van der Waals surface area contributed by atoms with E-state index in [1.54, 1.807) is 7.05 Å². The Morgan fingerprint density at radius 2 is 1.65 bits per heavy atom. The summed E-state index contributed by atoms with van der Waals surface area (Å²) in [5, 5.41) is 2.79. The standard InChI is InChI=1S/C21H34N4O/c1-16-11-19(14-24-9-7-23(4)8-10-24)17(2)20(12-16)15-25-6-5-18(13-25)21(26)22-3/h11-12,18H,5-10,13-15H2,1-4H3,(H,22,26)/t18-/m1/s1. The van der Waals surface area contributed by atoms with Gasteiger partial charge in [0.15, 0.2) is 0 Å². The largest absolute Gasteiger partial charge is 0.359 e. The molecular formula is C21H34N4O. The fourth-order valence-electron chi connectivity index (χ4n) is 4.22. The van der Waals surface area contributed by atoms with Gasteiger partial charge in [0.1, 0.15) is 0 Å². The first kappa shape index (κ1) is 19.3. The average molecular weight is 359 g/mol. The molecule has 0 bridgehead atoms. The van der Waals surface area contributed by atoms with E-state index in [2.05, 4.69) is 53.0 Å². The van der Waals surface area contributed by atoms with E-state index in [1.807, 2.05) is 0 Å². The van der Waals surface area contributed by atoms with Crippen LogP contribution >= 0.6 is 0 Å². The molecule has 26 heavy (non-hydrogen) atoms. The molecule has 1 atom stereocenters. The molecule has 1 aromatic carbocycles. The van der Waals surface area contributed by atoms with E-state index in [9.17, 15) is 4.79 Å². The van der Waals surface area contributed by atoms with Crippen molar-refractivity contribution in [2.75, 3.05) is 53.4 Å². The Morgan fingerprint density at radius 1 is 1.04 bits per heavy atom. The number of carbonyl (C=O) groups excluding carboxylic acids is 1. The highest BCUT2D eigenvalue weighted by Gasteiger charge is 2.28. The Kier molecular flexibility index (Phi) is 6.33. The summed E-state index contributed by atoms with van der Waals surface area (Å²) in [5.74, 6) is 0.333. The lowest BCUT2D eigenvalue weighted by Crippen LogP contribution is -2.44. The van der Waals surface area contributed by atoms with Crippen LogP contribution in [0.3, 0.4) is 0 Å². The molecule has 0 aromatic heterocycles. The molecule has 1 amide bonds. The summed E-state index contributed by atoms with van der Waals surface area (Å²) in [5.41, 5.74) is 5.66. The number of nitrogens with one attached hydrogen (secondary N) is 1. The average Bonchev–Trinajstić information content (AvgIpc) is 3.08. The normalized spacial score (nSPS) is 22.7. The van der Waals surface area contributed by atoms with Crippen molar-refractivity contribution >= 4 is 5.91 Å². The van der Waals surface area contributed by atoms with Crippen LogP contribution in [0.25, 0.3) is 0 Å². The van der Waals surface area contributed by atoms with Gasteiger partial charge < -0.3 is 10.2 Å². The van der Waals surface area contributed by atoms with Crippen molar-refractivity contribution in [3.8, 4) is 0 Å². The number of carbonyl (C=O) groups is 1. The lowest BCUT2D eigenvalue weighted by molar-refractivity contribution is -0.124. The van der Waals surface area contributed by atoms with Gasteiger partial charge in [0.05, 0.1) is 5.92 Å². The first-order valence-electron chi connectivity index (χ1n) is 9.90. The van der Waals surface area contributed by atoms with Crippen molar-refractivity contribution in [2.24, 2.45) is 5.92 Å². The monoisotopic (exact) mass is 358 g/mol. The zero-order valence-electron chi connectivity index (χ0n) is 16.8. The van der Waals surface area contributed by atoms with E-state index in [-0.39, 0.29) is 11.8 Å². The number of benzene rings is 1. The molecule has 0 spiro atoms. The zero-order chi connectivity index (χ0) is 18.7. The van der Waals surface area contributed by atoms with E-state index < -0.39 is 0 Å². The molecule has 2 aliphatic heterocycles. The third-order valence-corrected chi connectivity index (χ3v) is 6.04. The van der Waals surface area contributed by atoms with E-state index in [4.69, 9.17) is 0 Å². The second-order valence-electron chi connectivity index (χ2n) is 8.12. The molecule has 2 saturated heterocycles. The molecule has 1 N–H and O–H groups in total. The summed E-state index contributed by atoms with van der Waals surface area (Å²) in [6.45, 7) is 13.0. The van der Waals surface area contributed by atoms with Gasteiger partial charge in [0.2, 0.25) is 5.91 Å². The van der Waals surface area contributed by atoms with Gasteiger partial charge in [-0.3, -0.25) is 14.6 Å². The minimum absolute atomic E-state index is 0.148. The number of nitrogens with zero attached hydrogens (tertiary/aromatic N) is 3. The first-order valence-corrected chi connectivity index (χ1v) is 9.90. The molecule has 0 radical (unpaired) electrons. The van der Waals surface area contributed by atoms with E-state index in [0.717, 1.165) is 58.8 Å². The number of rotatable bonds is 5. The van der Waals surface area contributed by atoms with Crippen LogP contribution in [0.4, 0.5) is 0 Å². The fraction of sp³-hybridized carbons (Fsp3) is 0.667. The smallest absolute Gasteiger partial charge is 0.224 e. The molecular weight excluding hydrogens is 324 g/mol. The van der Waals surface area contributed by atoms with Crippen molar-refractivity contribution in [1.82, 2.24) is 20.0 Å². The van der Waals surface area contributed by atoms with Crippen LogP contribution < -0.4 is 5.32 Å². The second-order valence-corrected chi connectivity index (χ2v) is 8.12. The third kappa shape index (κ3) is 4.64. The number of amides is 1. The Morgan fingerprint density at radius 3 is 2.27 bits per heavy atom. The molecule has 2 heterocycles. The van der Waals surface area contributed by atoms with Crippen molar-refractivity contribution in [1.29, 1.82) is 0 Å². The van der Waals surface area contributed by atoms with Gasteiger partial charge in [-0.15, -0.1) is 0 Å². The summed E-state index contributed by atoms with van der Waals surface area (Å²) in [7, 11) is 3.94. The van der Waals surface area contributed by atoms with Crippen molar-refractivity contribution in [3.05, 3.63) is 34.4 Å². The van der Waals surface area contributed by atoms with Crippen LogP contribution in [0.2, 0.25) is 0 Å². The lowest BCUT2D eigenvalue weighted by Gasteiger charge is -2.33. The van der Waals surface area contributed by atoms with Crippen LogP contribution in [0.1, 0.15) is 28.7 Å². The summed E-state index contributed by atoms with van der Waals surface area (Å²) < 4.78 is 0. The second kappa shape index (κ2) is 8.51. The zero-order valence-corrected chi connectivity index (χ0v) is 16.8. The van der Waals surface area contributed by atoms with Gasteiger partial charge >= 0.3 is 0 Å². The summed E-state index contributed by atoms with van der Waals surface area (Å²) in [6, 6.07) is 4.69. The van der Waals surface area contributed by atoms with Gasteiger partial charge in [-0.1, -0.05) is 17.7 Å². The molecule has 3 rings (SSSR count). The van der Waals surface area contributed by atoms with Gasteiger partial charge in [-0.05, 0) is 50.6 Å². The molecule has 0 aliphatic carbocycles. The maximum atomic E-state index is 11.9. The molecule has 144 valence electrons. The molecule has 0 unspecified atom stereocenters. The molecule has 5 nitrogen and oxygen atoms in total. The number of hydrogen-bond donors (Lipinski definition) is 1. The topological polar surface area (TPSA) is 38.8 Å². The molecule has 2 fully saturated rings. The van der Waals surface area contributed by atoms with E-state index in [1.165, 1.54) is 22.3 Å². The Bertz CT molecular complexity index is 637. The van der Waals surface area contributed by atoms with E-state index in [0.29, 0.717) is 0 Å². The lowest BCUT2D eigenvalue weighted by atomic mass is 9.98. The van der Waals surface area contributed by atoms with Gasteiger partial charge in [0, 0.05) is 52.9 Å². The summed E-state index contributed by atoms with van der Waals surface area (Å²) in [4.78, 5) is 19.3. The minimum Gasteiger partial charge on any atom is -0.359 e. The quantitative estimate of drug-likeness (QED) is 0.868. The summed E-state index contributed by atoms with van der Waals surface area (Å²) >= 11 is 0. The van der Waals surface area contributed by atoms with Crippen LogP contribution in [-0.4, -0.2) is 74.0 Å². The van der Waals surface area contributed by atoms with Crippen LogP contribution in [-0.2, 0) is 17.9 Å². The molecule has 2 aliphatic rings. The molecule has 0 saturated carbocycles. The van der Waals surface area contributed by atoms with Crippen molar-refractivity contribution < 1.29 is 4.79 Å². The third-order valence-electron chi connectivity index (χ3n) is 6.04. The SMILES string of the molecule is CNC(=O)[C@@H]1CCN(Cc2cc(C)cc(CN3CCN(C)CC3)c2C)C1. The minimum atomic E-state index is 0.148. The van der Waals surface area contributed by atoms with Gasteiger partial charge in [-0.25, -0.2) is 0 Å². The molecule has 5 heteroatoms. The number of aryl methyl sites for hydroxylation is 1. The molecule has 1 aromatic rings. The van der Waals surface area contributed by atoms with Crippen molar-refractivity contribution in [2.45, 2.75) is 33.4 Å². The van der Waals surface area contributed by atoms with Gasteiger partial charge in [0.25, 0.3) is 0 Å². The highest BCUT2D eigenvalue weighted by molar-refractivity contribution is 5.78. The highest BCUT2D eigenvalue weighted by Crippen LogP contribution is 2.24. The summed E-state index contributed by atoms with van der Waals surface area (Å²) in [6.07, 6.45) is 0.971. The number of hydrogen-bond acceptors (Lipinski definition) is 4. The predicted octanol–water partition coefficient (Wildman–Crippen LogP) is 1.62. The fourth-order valence-corrected chi connectivity index (χ4v) is 4.22. The Labute approximate surface area is 158 Å². The van der Waals surface area contributed by atoms with E-state index >= 15 is 0 Å². The number of likely N-dealkylation sites (N-methyl/N-ethyl adjacent to an activating group) is 1. The van der Waals surface area contributed by atoms with Crippen LogP contribution in [0.5, 0.6) is 0 Å². The highest BCUT2D eigenvalue weighted by atomic mass is 16.1. The van der Waals surface area contributed by atoms with Gasteiger partial charge in [-0.2, -0.15) is 0 Å². The first-order chi connectivity index (χ1) is 12.5. The van der Waals surface area contributed by atoms with Crippen LogP contribution in [0.15, 0.2) is 12.1 Å². The Balaban J connectivity index is 1.66.